The molecule has 0 amide bonds. The number of ether oxygens (including phenoxy) is 1. The Balaban J connectivity index is 1.68. The highest BCUT2D eigenvalue weighted by Gasteiger charge is 2.21. The minimum Gasteiger partial charge on any atom is -0.494 e. The number of fused-ring (bicyclic) bond motifs is 1. The van der Waals surface area contributed by atoms with E-state index in [-0.39, 0.29) is 5.41 Å². The van der Waals surface area contributed by atoms with E-state index in [1.807, 2.05) is 6.92 Å². The molecule has 3 rings (SSSR count). The largest absolute Gasteiger partial charge is 0.494 e. The van der Waals surface area contributed by atoms with E-state index >= 15 is 0 Å². The van der Waals surface area contributed by atoms with Crippen molar-refractivity contribution < 1.29 is 4.74 Å². The number of aryl methyl sites for hydroxylation is 1. The van der Waals surface area contributed by atoms with Crippen molar-refractivity contribution >= 4 is 16.7 Å². The summed E-state index contributed by atoms with van der Waals surface area (Å²) < 4.78 is 5.77. The van der Waals surface area contributed by atoms with Crippen molar-refractivity contribution in [1.82, 2.24) is 9.97 Å². The lowest BCUT2D eigenvalue weighted by Crippen LogP contribution is -2.27. The SMILES string of the molecule is CCCCOc1ccc(C(C)(C)CNc2cccc3[nH]c(C)nc23)cc1. The number of aromatic amines is 1. The van der Waals surface area contributed by atoms with Gasteiger partial charge in [0.1, 0.15) is 17.1 Å². The van der Waals surface area contributed by atoms with E-state index in [2.05, 4.69) is 78.5 Å². The molecule has 26 heavy (non-hydrogen) atoms. The van der Waals surface area contributed by atoms with Crippen LogP contribution in [-0.2, 0) is 5.41 Å². The minimum atomic E-state index is -0.00450. The molecule has 138 valence electrons. The third-order valence-corrected chi connectivity index (χ3v) is 4.75. The number of aromatic nitrogens is 2. The number of unbranched alkanes of at least 4 members (excludes halogenated alkanes) is 1. The summed E-state index contributed by atoms with van der Waals surface area (Å²) in [6, 6.07) is 14.7. The predicted octanol–water partition coefficient (Wildman–Crippen LogP) is 5.44. The number of H-pyrrole nitrogens is 1. The normalized spacial score (nSPS) is 11.7. The Hall–Kier alpha value is -2.49. The Bertz CT molecular complexity index is 849. The quantitative estimate of drug-likeness (QED) is 0.531. The second-order valence-corrected chi connectivity index (χ2v) is 7.49. The van der Waals surface area contributed by atoms with E-state index < -0.39 is 0 Å². The van der Waals surface area contributed by atoms with Crippen molar-refractivity contribution in [1.29, 1.82) is 0 Å². The summed E-state index contributed by atoms with van der Waals surface area (Å²) in [5.41, 5.74) is 4.42. The van der Waals surface area contributed by atoms with Crippen LogP contribution in [0.25, 0.3) is 11.0 Å². The van der Waals surface area contributed by atoms with Crippen LogP contribution in [0.5, 0.6) is 5.75 Å². The predicted molar refractivity (Wildman–Crippen MR) is 109 cm³/mol. The Kier molecular flexibility index (Phi) is 5.50. The molecule has 0 atom stereocenters. The van der Waals surface area contributed by atoms with Gasteiger partial charge in [-0.25, -0.2) is 4.98 Å². The lowest BCUT2D eigenvalue weighted by atomic mass is 9.84. The van der Waals surface area contributed by atoms with Crippen LogP contribution >= 0.6 is 0 Å². The van der Waals surface area contributed by atoms with Crippen LogP contribution in [-0.4, -0.2) is 23.1 Å². The topological polar surface area (TPSA) is 49.9 Å². The van der Waals surface area contributed by atoms with Gasteiger partial charge in [0.05, 0.1) is 17.8 Å². The van der Waals surface area contributed by atoms with Gasteiger partial charge < -0.3 is 15.0 Å². The summed E-state index contributed by atoms with van der Waals surface area (Å²) >= 11 is 0. The Morgan fingerprint density at radius 2 is 1.88 bits per heavy atom. The van der Waals surface area contributed by atoms with Gasteiger partial charge in [-0.3, -0.25) is 0 Å². The summed E-state index contributed by atoms with van der Waals surface area (Å²) in [6.45, 7) is 10.3. The summed E-state index contributed by atoms with van der Waals surface area (Å²) in [5, 5.41) is 3.58. The van der Waals surface area contributed by atoms with E-state index in [1.165, 1.54) is 5.56 Å². The van der Waals surface area contributed by atoms with Gasteiger partial charge in [-0.1, -0.05) is 45.4 Å². The van der Waals surface area contributed by atoms with E-state index in [0.29, 0.717) is 0 Å². The van der Waals surface area contributed by atoms with E-state index in [0.717, 1.165) is 54.3 Å². The second-order valence-electron chi connectivity index (χ2n) is 7.49. The first-order valence-electron chi connectivity index (χ1n) is 9.42. The number of nitrogens with one attached hydrogen (secondary N) is 2. The van der Waals surface area contributed by atoms with E-state index in [4.69, 9.17) is 4.74 Å². The first-order valence-corrected chi connectivity index (χ1v) is 9.42. The summed E-state index contributed by atoms with van der Waals surface area (Å²) in [5.74, 6) is 1.88. The van der Waals surface area contributed by atoms with E-state index in [1.54, 1.807) is 0 Å². The zero-order chi connectivity index (χ0) is 18.6. The van der Waals surface area contributed by atoms with E-state index in [9.17, 15) is 0 Å². The Morgan fingerprint density at radius 3 is 2.62 bits per heavy atom. The fraction of sp³-hybridized carbons (Fsp3) is 0.409. The van der Waals surface area contributed by atoms with Crippen LogP contribution in [0, 0.1) is 6.92 Å². The zero-order valence-electron chi connectivity index (χ0n) is 16.2. The fourth-order valence-electron chi connectivity index (χ4n) is 3.05. The Morgan fingerprint density at radius 1 is 1.12 bits per heavy atom. The molecule has 0 unspecified atom stereocenters. The number of para-hydroxylation sites is 1. The van der Waals surface area contributed by atoms with Crippen molar-refractivity contribution in [3.8, 4) is 5.75 Å². The molecule has 0 aliphatic heterocycles. The third kappa shape index (κ3) is 4.18. The first-order chi connectivity index (χ1) is 12.5. The average Bonchev–Trinajstić information content (AvgIpc) is 3.01. The highest BCUT2D eigenvalue weighted by molar-refractivity contribution is 5.88. The maximum absolute atomic E-state index is 5.77. The summed E-state index contributed by atoms with van der Waals surface area (Å²) in [6.07, 6.45) is 2.24. The monoisotopic (exact) mass is 351 g/mol. The molecule has 1 heterocycles. The first kappa shape index (κ1) is 18.3. The molecule has 2 N–H and O–H groups in total. The number of anilines is 1. The highest BCUT2D eigenvalue weighted by atomic mass is 16.5. The van der Waals surface area contributed by atoms with Gasteiger partial charge in [0.2, 0.25) is 0 Å². The van der Waals surface area contributed by atoms with Gasteiger partial charge in [-0.2, -0.15) is 0 Å². The van der Waals surface area contributed by atoms with Gasteiger partial charge in [-0.15, -0.1) is 0 Å². The summed E-state index contributed by atoms with van der Waals surface area (Å²) in [7, 11) is 0. The molecular formula is C22H29N3O. The molecule has 1 aromatic heterocycles. The molecule has 4 heteroatoms. The van der Waals surface area contributed by atoms with Crippen molar-refractivity contribution in [2.45, 2.75) is 46.0 Å². The highest BCUT2D eigenvalue weighted by Crippen LogP contribution is 2.28. The van der Waals surface area contributed by atoms with Crippen LogP contribution < -0.4 is 10.1 Å². The molecule has 0 aliphatic carbocycles. The number of hydrogen-bond donors (Lipinski definition) is 2. The fourth-order valence-corrected chi connectivity index (χ4v) is 3.05. The number of benzene rings is 2. The molecular weight excluding hydrogens is 322 g/mol. The van der Waals surface area contributed by atoms with Gasteiger partial charge in [-0.05, 0) is 43.2 Å². The zero-order valence-corrected chi connectivity index (χ0v) is 16.2. The van der Waals surface area contributed by atoms with Crippen LogP contribution in [0.3, 0.4) is 0 Å². The molecule has 0 aliphatic rings. The second kappa shape index (κ2) is 7.81. The van der Waals surface area contributed by atoms with Crippen LogP contribution in [0.4, 0.5) is 5.69 Å². The molecule has 0 spiro atoms. The van der Waals surface area contributed by atoms with Gasteiger partial charge in [0, 0.05) is 12.0 Å². The van der Waals surface area contributed by atoms with Gasteiger partial charge in [0.15, 0.2) is 0 Å². The summed E-state index contributed by atoms with van der Waals surface area (Å²) in [4.78, 5) is 7.89. The van der Waals surface area contributed by atoms with Crippen LogP contribution in [0.2, 0.25) is 0 Å². The molecule has 0 fully saturated rings. The van der Waals surface area contributed by atoms with Crippen molar-refractivity contribution in [3.05, 3.63) is 53.9 Å². The minimum absolute atomic E-state index is 0.00450. The van der Waals surface area contributed by atoms with Crippen molar-refractivity contribution in [3.63, 3.8) is 0 Å². The third-order valence-electron chi connectivity index (χ3n) is 4.75. The van der Waals surface area contributed by atoms with Gasteiger partial charge in [0.25, 0.3) is 0 Å². The van der Waals surface area contributed by atoms with Crippen LogP contribution in [0.1, 0.15) is 45.0 Å². The molecule has 4 nitrogen and oxygen atoms in total. The van der Waals surface area contributed by atoms with Crippen LogP contribution in [0.15, 0.2) is 42.5 Å². The number of imidazole rings is 1. The molecule has 0 saturated carbocycles. The maximum atomic E-state index is 5.77. The van der Waals surface area contributed by atoms with Gasteiger partial charge >= 0.3 is 0 Å². The molecule has 0 radical (unpaired) electrons. The molecule has 0 saturated heterocycles. The molecule has 0 bridgehead atoms. The number of hydrogen-bond acceptors (Lipinski definition) is 3. The molecule has 2 aromatic carbocycles. The molecule has 3 aromatic rings. The number of nitrogens with zero attached hydrogens (tertiary/aromatic N) is 1. The number of rotatable bonds is 8. The lowest BCUT2D eigenvalue weighted by molar-refractivity contribution is 0.309. The average molecular weight is 351 g/mol. The Labute approximate surface area is 156 Å². The lowest BCUT2D eigenvalue weighted by Gasteiger charge is -2.26. The smallest absolute Gasteiger partial charge is 0.119 e. The van der Waals surface area contributed by atoms with Crippen molar-refractivity contribution in [2.75, 3.05) is 18.5 Å². The van der Waals surface area contributed by atoms with Crippen molar-refractivity contribution in [2.24, 2.45) is 0 Å². The standard InChI is InChI=1S/C22H29N3O/c1-5-6-14-26-18-12-10-17(11-13-18)22(3,4)15-23-19-8-7-9-20-21(19)25-16(2)24-20/h7-13,23H,5-6,14-15H2,1-4H3,(H,24,25). The maximum Gasteiger partial charge on any atom is 0.119 e.